The molecule has 3 aliphatic heterocycles. The van der Waals surface area contributed by atoms with Crippen molar-refractivity contribution in [2.24, 2.45) is 13.9 Å². The van der Waals surface area contributed by atoms with E-state index in [1.54, 1.807) is 114 Å². The van der Waals surface area contributed by atoms with Crippen LogP contribution in [0.5, 0.6) is 0 Å². The maximum Gasteiger partial charge on any atom is 0.434 e. The number of aromatic nitrogens is 25. The van der Waals surface area contributed by atoms with Crippen LogP contribution in [0.1, 0.15) is 114 Å². The van der Waals surface area contributed by atoms with E-state index < -0.39 is 55.1 Å². The molecule has 0 radical (unpaired) electrons. The highest BCUT2D eigenvalue weighted by molar-refractivity contribution is 7.85. The Morgan fingerprint density at radius 2 is 1.26 bits per heavy atom. The largest absolute Gasteiger partial charge is 0.434 e. The SMILES string of the molecule is C.CC1=NNS(=O)(=O)O1.CC1=NS(=O)(=O)ON1.CC1=NS(=O)ON1.CNC(=O)C(C)N(C)C(C)=O.Cc1c[nH]c(=O)[nH]1.Cc1c[nH]c(=O)o1.Cc1c[nH]c(=O)s1.Cc1cc(=O)[nH][nH]1.Cc1cc(=O)[nH]o1.Cc1cc(=O)[nH]s1.Cc1n[nH]c(=O)[nH]1.Cc1n[nH]c(=O)o1.Cc1n[nH]c(=O)s1.Cc1n[nH]c(=S)o1.Cc1nc(=O)[nH]o1.Cc1nc(=O)[nH]s1.Cc1nn[nH]n1. The molecule has 0 saturated heterocycles. The van der Waals surface area contributed by atoms with E-state index in [1.807, 2.05) is 32.9 Å². The fourth-order valence-electron chi connectivity index (χ4n) is 5.96. The molecule has 0 aromatic carbocycles. The lowest BCUT2D eigenvalue weighted by atomic mass is 10.3. The molecule has 0 aliphatic carbocycles. The smallest absolute Gasteiger partial charge is 0.414 e. The van der Waals surface area contributed by atoms with Gasteiger partial charge in [0.25, 0.3) is 21.5 Å². The monoisotopic (exact) mass is 1920 g/mol. The molecule has 16 rings (SSSR count). The summed E-state index contributed by atoms with van der Waals surface area (Å²) in [6.07, 6.45) is 4.84. The van der Waals surface area contributed by atoms with Gasteiger partial charge in [0.1, 0.15) is 45.1 Å². The molecule has 3 aliphatic rings. The zero-order chi connectivity index (χ0) is 94.4. The predicted octanol–water partition coefficient (Wildman–Crippen LogP) is -0.235. The summed E-state index contributed by atoms with van der Waals surface area (Å²) in [5.41, 5.74) is 4.80. The Labute approximate surface area is 725 Å². The number of likely N-dealkylation sites (N-methyl/N-ethyl adjacent to an activating group) is 2. The number of tetrazole rings is 1. The van der Waals surface area contributed by atoms with Gasteiger partial charge in [-0.2, -0.15) is 61.6 Å². The third-order valence-electron chi connectivity index (χ3n) is 11.1. The highest BCUT2D eigenvalue weighted by atomic mass is 32.2. The number of aryl methyl sites for hydroxylation is 13. The number of nitrogens with one attached hydrogen (secondary N) is 20. The van der Waals surface area contributed by atoms with Gasteiger partial charge in [-0.3, -0.25) is 57.4 Å². The number of imidazole rings is 1. The first-order chi connectivity index (χ1) is 57.8. The fraction of sp³-hybridized carbons (Fsp3) is 0.379. The third kappa shape index (κ3) is 60.2. The second kappa shape index (κ2) is 60.5. The van der Waals surface area contributed by atoms with Gasteiger partial charge < -0.3 is 56.7 Å². The average Bonchev–Trinajstić information content (AvgIpc) is 1.77. The number of amides is 2. The summed E-state index contributed by atoms with van der Waals surface area (Å²) in [5, 5.41) is 52.4. The van der Waals surface area contributed by atoms with E-state index in [0.29, 0.717) is 51.5 Å². The number of carbonyl (C=O) groups excluding carboxylic acids is 2. The van der Waals surface area contributed by atoms with E-state index in [-0.39, 0.29) is 74.5 Å². The number of aromatic amines is 16. The first kappa shape index (κ1) is 113. The maximum absolute atomic E-state index is 11.0. The summed E-state index contributed by atoms with van der Waals surface area (Å²) in [6, 6.07) is 4.07. The van der Waals surface area contributed by atoms with Crippen LogP contribution >= 0.6 is 58.0 Å². The van der Waals surface area contributed by atoms with E-state index in [2.05, 4.69) is 193 Å². The molecule has 2 unspecified atom stereocenters. The van der Waals surface area contributed by atoms with Gasteiger partial charge in [-0.05, 0) is 114 Å². The van der Waals surface area contributed by atoms with Gasteiger partial charge in [-0.15, -0.1) is 38.6 Å². The van der Waals surface area contributed by atoms with Crippen molar-refractivity contribution in [3.8, 4) is 0 Å². The predicted molar refractivity (Wildman–Crippen MR) is 454 cm³/mol. The van der Waals surface area contributed by atoms with E-state index in [4.69, 9.17) is 4.42 Å². The first-order valence-electron chi connectivity index (χ1n) is 33.2. The Morgan fingerprint density at radius 1 is 0.592 bits per heavy atom. The van der Waals surface area contributed by atoms with Crippen LogP contribution in [0, 0.1) is 94.8 Å². The molecule has 13 aromatic rings. The summed E-state index contributed by atoms with van der Waals surface area (Å²) >= 11 is 8.05. The molecular weight excluding hydrogens is 1830 g/mol. The number of carbonyl (C=O) groups is 2. The summed E-state index contributed by atoms with van der Waals surface area (Å²) in [6.45, 7) is 30.5. The highest BCUT2D eigenvalue weighted by Crippen LogP contribution is 2.01. The maximum atomic E-state index is 11.0. The number of H-pyrrole nitrogens is 16. The van der Waals surface area contributed by atoms with Crippen LogP contribution in [-0.2, 0) is 54.2 Å². The number of amidine groups is 2. The molecule has 2 atom stereocenters. The van der Waals surface area contributed by atoms with Crippen LogP contribution in [0.25, 0.3) is 0 Å². The Hall–Kier alpha value is -14.0. The quantitative estimate of drug-likeness (QED) is 0.0994. The van der Waals surface area contributed by atoms with Crippen LogP contribution in [0.15, 0.2) is 126 Å². The second-order valence-corrected chi connectivity index (χ2v) is 30.1. The molecule has 0 saturated carbocycles. The van der Waals surface area contributed by atoms with Crippen molar-refractivity contribution in [3.63, 3.8) is 0 Å². The van der Waals surface area contributed by atoms with Gasteiger partial charge >= 0.3 is 75.9 Å². The zero-order valence-corrected chi connectivity index (χ0v) is 75.3. The molecule has 59 nitrogen and oxygen atoms in total. The minimum absolute atomic E-state index is 0. The van der Waals surface area contributed by atoms with Crippen LogP contribution in [0.2, 0.25) is 0 Å². The lowest BCUT2D eigenvalue weighted by Gasteiger charge is -2.21. The number of hydrogen-bond acceptors (Lipinski definition) is 43. The molecular formula is C58H91N33O26S8. The molecule has 2 amide bonds. The van der Waals surface area contributed by atoms with Crippen LogP contribution < -0.4 is 81.8 Å². The van der Waals surface area contributed by atoms with Crippen LogP contribution in [-0.4, -0.2) is 201 Å². The molecule has 692 valence electrons. The van der Waals surface area contributed by atoms with E-state index in [9.17, 15) is 83.4 Å². The van der Waals surface area contributed by atoms with Crippen molar-refractivity contribution < 1.29 is 65.7 Å². The summed E-state index contributed by atoms with van der Waals surface area (Å²) in [4.78, 5) is 158. The molecule has 0 fully saturated rings. The Balaban J connectivity index is 0. The normalized spacial score (nSPS) is 12.4. The number of nitrogens with zero attached hydrogens (tertiary/aromatic N) is 13. The number of hydrogen-bond donors (Lipinski definition) is 20. The number of hydrazone groups is 1. The van der Waals surface area contributed by atoms with Gasteiger partial charge in [0.2, 0.25) is 35.4 Å². The first-order valence-corrected chi connectivity index (χ1v) is 40.7. The molecule has 0 spiro atoms. The van der Waals surface area contributed by atoms with Gasteiger partial charge in [0.05, 0.1) is 0 Å². The van der Waals surface area contributed by atoms with Crippen molar-refractivity contribution >= 4 is 119 Å². The van der Waals surface area contributed by atoms with Gasteiger partial charge in [0.15, 0.2) is 5.82 Å². The van der Waals surface area contributed by atoms with Crippen molar-refractivity contribution in [2.45, 2.75) is 138 Å². The zero-order valence-electron chi connectivity index (χ0n) is 68.7. The number of oxazole rings is 1. The van der Waals surface area contributed by atoms with Crippen LogP contribution in [0.4, 0.5) is 0 Å². The minimum Gasteiger partial charge on any atom is -0.414 e. The lowest BCUT2D eigenvalue weighted by molar-refractivity contribution is -0.136. The van der Waals surface area contributed by atoms with Crippen molar-refractivity contribution in [2.75, 3.05) is 14.1 Å². The van der Waals surface area contributed by atoms with Gasteiger partial charge in [0, 0.05) is 107 Å². The summed E-state index contributed by atoms with van der Waals surface area (Å²) in [7, 11) is -4.02. The number of hydroxylamine groups is 2. The lowest BCUT2D eigenvalue weighted by Crippen LogP contribution is -2.43. The van der Waals surface area contributed by atoms with Crippen molar-refractivity contribution in [3.05, 3.63) is 227 Å². The van der Waals surface area contributed by atoms with E-state index in [1.165, 1.54) is 78.4 Å². The molecule has 0 bridgehead atoms. The molecule has 67 heteroatoms. The Kier molecular flexibility index (Phi) is 54.7. The average molecular weight is 1920 g/mol. The molecule has 20 N–H and O–H groups in total. The summed E-state index contributed by atoms with van der Waals surface area (Å²) < 4.78 is 97.3. The Morgan fingerprint density at radius 3 is 1.41 bits per heavy atom. The molecule has 13 aromatic heterocycles. The molecule has 16 heterocycles. The standard InChI is InChI=1S/C7H14N2O2.2C4H6N2O.2C4H5NO2.2C4H5NOS.C3H5N3O.2C3H4N2O2.3C3H4N2OS.C2H4N4.2C2H4N2O3S.C2H4N2O2S.CH4/c1-5(7(11)8-3)9(4)6(2)10;1-3-2-5-4(7)6-3;1-3-2-4(7)6-5-3;1-3-2-5-4(6)7-3;1-3-2-4(6)5-7-3;1-3-2-5-4(6)7-3;1-3-2-4(6)5-7-3;1-2-4-3(7)6-5-2;1-2-4-5-3(6)7-2;1-2-4-3(6)5-7-2;1-2-4-5-3(6)7-2;1-2-4-5-3(7)6-2;1-2-4-3(6)5-7-2;1-2-3-5-6-4-2;1-2-3-4-8(5,6)7-2;1-2-3-7-8(5,6)4-2;1-2-3-6-7(5)4-2;/h5H,1-4H3,(H,8,11);2*2H,1H3,(H2,5,6,7);4*2H,1H3,(H,5,6);1H3,(H2,4,5,6,7);3*1H3,(H,5,6);1H3,(H,5,7);1H3,(H,5,6);1H3,(H,3,4,5,6);4H,1H3;1H3,(H,3,4);1H3,(H,3,4);1H4. The number of thiazole rings is 1. The van der Waals surface area contributed by atoms with Crippen LogP contribution in [0.3, 0.4) is 0 Å². The fourth-order valence-corrected chi connectivity index (χ4v) is 9.76. The minimum atomic E-state index is -3.62. The topological polar surface area (TPSA) is 858 Å². The van der Waals surface area contributed by atoms with Gasteiger partial charge in [-0.25, -0.2) is 64.3 Å². The van der Waals surface area contributed by atoms with E-state index >= 15 is 0 Å². The Bertz CT molecular complexity index is 5340. The number of rotatable bonds is 2. The van der Waals surface area contributed by atoms with Crippen molar-refractivity contribution in [1.82, 2.24) is 152 Å². The van der Waals surface area contributed by atoms with E-state index in [0.717, 1.165) is 42.5 Å². The summed E-state index contributed by atoms with van der Waals surface area (Å²) in [5.74, 6) is 3.60. The third-order valence-corrected chi connectivity index (χ3v) is 16.3. The highest BCUT2D eigenvalue weighted by Gasteiger charge is 2.19. The second-order valence-electron chi connectivity index (χ2n) is 22.0. The molecule has 125 heavy (non-hydrogen) atoms. The van der Waals surface area contributed by atoms with Gasteiger partial charge in [-0.1, -0.05) is 46.8 Å². The van der Waals surface area contributed by atoms with Crippen molar-refractivity contribution in [1.29, 1.82) is 0 Å².